The zero-order valence-electron chi connectivity index (χ0n) is 7.78. The molecule has 0 aromatic carbocycles. The van der Waals surface area contributed by atoms with Gasteiger partial charge in [0.2, 0.25) is 0 Å². The molecule has 0 radical (unpaired) electrons. The zero-order valence-corrected chi connectivity index (χ0v) is 7.78. The Bertz CT molecular complexity index is 556. The van der Waals surface area contributed by atoms with Crippen molar-refractivity contribution in [2.45, 2.75) is 6.18 Å². The van der Waals surface area contributed by atoms with Crippen molar-refractivity contribution in [2.75, 3.05) is 0 Å². The van der Waals surface area contributed by atoms with Gasteiger partial charge in [0, 0.05) is 6.20 Å². The molecule has 0 aliphatic rings. The van der Waals surface area contributed by atoms with E-state index >= 15 is 0 Å². The maximum Gasteiger partial charge on any atom is 0.453 e. The summed E-state index contributed by atoms with van der Waals surface area (Å²) >= 11 is 0. The first kappa shape index (κ1) is 10.4. The number of aromatic nitrogens is 3. The molecule has 16 heavy (non-hydrogen) atoms. The second-order valence-corrected chi connectivity index (χ2v) is 3.04. The van der Waals surface area contributed by atoms with Gasteiger partial charge in [0.05, 0.1) is 5.56 Å². The molecule has 0 amide bonds. The predicted molar refractivity (Wildman–Crippen MR) is 49.0 cm³/mol. The van der Waals surface area contributed by atoms with E-state index < -0.39 is 12.0 Å². The quantitative estimate of drug-likeness (QED) is 0.566. The molecule has 0 bridgehead atoms. The number of pyridine rings is 1. The van der Waals surface area contributed by atoms with E-state index in [0.29, 0.717) is 0 Å². The van der Waals surface area contributed by atoms with Crippen LogP contribution in [0.3, 0.4) is 0 Å². The summed E-state index contributed by atoms with van der Waals surface area (Å²) < 4.78 is 38.0. The lowest BCUT2D eigenvalue weighted by atomic mass is 10.2. The fraction of sp³-hybridized carbons (Fsp3) is 0.125. The third-order valence-electron chi connectivity index (χ3n) is 1.91. The number of amidine groups is 1. The van der Waals surface area contributed by atoms with Crippen molar-refractivity contribution in [2.24, 2.45) is 5.73 Å². The Morgan fingerprint density at radius 1 is 1.44 bits per heavy atom. The highest BCUT2D eigenvalue weighted by atomic mass is 19.4. The standard InChI is InChI=1S/C8H6F3N5/c9-8(10,11)7-14-6-4(5(12)13)2-1-3-16(6)15-7/h1-3H,(H3,12,13). The first-order valence-corrected chi connectivity index (χ1v) is 4.16. The van der Waals surface area contributed by atoms with Crippen LogP contribution in [0.1, 0.15) is 11.4 Å². The molecule has 2 heterocycles. The van der Waals surface area contributed by atoms with Gasteiger partial charge in [-0.1, -0.05) is 0 Å². The molecule has 0 unspecified atom stereocenters. The topological polar surface area (TPSA) is 80.1 Å². The van der Waals surface area contributed by atoms with Gasteiger partial charge in [-0.05, 0) is 12.1 Å². The third-order valence-corrected chi connectivity index (χ3v) is 1.91. The van der Waals surface area contributed by atoms with E-state index in [0.717, 1.165) is 4.52 Å². The van der Waals surface area contributed by atoms with Crippen molar-refractivity contribution in [3.63, 3.8) is 0 Å². The Balaban J connectivity index is 2.71. The molecule has 0 atom stereocenters. The van der Waals surface area contributed by atoms with Crippen molar-refractivity contribution >= 4 is 11.5 Å². The maximum absolute atomic E-state index is 12.3. The lowest BCUT2D eigenvalue weighted by Gasteiger charge is -1.98. The van der Waals surface area contributed by atoms with E-state index in [9.17, 15) is 13.2 Å². The third kappa shape index (κ3) is 1.58. The van der Waals surface area contributed by atoms with Crippen LogP contribution in [0.4, 0.5) is 13.2 Å². The van der Waals surface area contributed by atoms with Crippen LogP contribution in [-0.4, -0.2) is 20.4 Å². The van der Waals surface area contributed by atoms with Crippen LogP contribution < -0.4 is 5.73 Å². The molecule has 0 saturated heterocycles. The minimum absolute atomic E-state index is 0.0812. The van der Waals surface area contributed by atoms with Gasteiger partial charge in [-0.2, -0.15) is 13.2 Å². The number of hydrogen-bond donors (Lipinski definition) is 2. The fourth-order valence-corrected chi connectivity index (χ4v) is 1.24. The normalized spacial score (nSPS) is 11.9. The van der Waals surface area contributed by atoms with Gasteiger partial charge in [0.15, 0.2) is 5.65 Å². The number of alkyl halides is 3. The average molecular weight is 229 g/mol. The van der Waals surface area contributed by atoms with Crippen molar-refractivity contribution < 1.29 is 13.2 Å². The highest BCUT2D eigenvalue weighted by Gasteiger charge is 2.36. The van der Waals surface area contributed by atoms with Crippen LogP contribution >= 0.6 is 0 Å². The summed E-state index contributed by atoms with van der Waals surface area (Å²) in [7, 11) is 0. The summed E-state index contributed by atoms with van der Waals surface area (Å²) in [4.78, 5) is 3.31. The molecule has 2 rings (SSSR count). The molecule has 2 aromatic rings. The van der Waals surface area contributed by atoms with E-state index in [2.05, 4.69) is 10.1 Å². The summed E-state index contributed by atoms with van der Waals surface area (Å²) in [5.41, 5.74) is 5.25. The van der Waals surface area contributed by atoms with Crippen LogP contribution in [0.15, 0.2) is 18.3 Å². The van der Waals surface area contributed by atoms with Crippen LogP contribution in [0.5, 0.6) is 0 Å². The number of nitrogens with one attached hydrogen (secondary N) is 1. The molecular formula is C8H6F3N5. The zero-order chi connectivity index (χ0) is 11.9. The molecule has 2 aromatic heterocycles. The van der Waals surface area contributed by atoms with Crippen LogP contribution in [-0.2, 0) is 6.18 Å². The largest absolute Gasteiger partial charge is 0.453 e. The number of hydrogen-bond acceptors (Lipinski definition) is 3. The SMILES string of the molecule is N=C(N)c1cccn2nc(C(F)(F)F)nc12. The van der Waals surface area contributed by atoms with E-state index in [1.54, 1.807) is 0 Å². The van der Waals surface area contributed by atoms with Gasteiger partial charge in [0.1, 0.15) is 5.84 Å². The van der Waals surface area contributed by atoms with Gasteiger partial charge in [0.25, 0.3) is 5.82 Å². The number of rotatable bonds is 1. The summed E-state index contributed by atoms with van der Waals surface area (Å²) in [5.74, 6) is -1.60. The minimum atomic E-state index is -4.61. The Hall–Kier alpha value is -2.12. The van der Waals surface area contributed by atoms with Crippen molar-refractivity contribution in [3.05, 3.63) is 29.7 Å². The second-order valence-electron chi connectivity index (χ2n) is 3.04. The molecule has 0 aliphatic heterocycles. The van der Waals surface area contributed by atoms with Gasteiger partial charge >= 0.3 is 6.18 Å². The number of nitrogen functional groups attached to an aromatic ring is 1. The lowest BCUT2D eigenvalue weighted by Crippen LogP contribution is -2.12. The molecule has 0 spiro atoms. The summed E-state index contributed by atoms with van der Waals surface area (Å²) in [6, 6.07) is 2.85. The predicted octanol–water partition coefficient (Wildman–Crippen LogP) is 1.03. The molecular weight excluding hydrogens is 223 g/mol. The van der Waals surface area contributed by atoms with E-state index in [-0.39, 0.29) is 17.0 Å². The fourth-order valence-electron chi connectivity index (χ4n) is 1.24. The van der Waals surface area contributed by atoms with Crippen LogP contribution in [0.2, 0.25) is 0 Å². The van der Waals surface area contributed by atoms with E-state index in [1.807, 2.05) is 0 Å². The van der Waals surface area contributed by atoms with Crippen molar-refractivity contribution in [3.8, 4) is 0 Å². The maximum atomic E-state index is 12.3. The van der Waals surface area contributed by atoms with Crippen LogP contribution in [0, 0.1) is 5.41 Å². The summed E-state index contributed by atoms with van der Waals surface area (Å²) in [6.07, 6.45) is -3.30. The highest BCUT2D eigenvalue weighted by molar-refractivity contribution is 6.00. The number of nitrogens with two attached hydrogens (primary N) is 1. The molecule has 0 aliphatic carbocycles. The Morgan fingerprint density at radius 2 is 2.12 bits per heavy atom. The molecule has 84 valence electrons. The van der Waals surface area contributed by atoms with Gasteiger partial charge in [-0.15, -0.1) is 5.10 Å². The average Bonchev–Trinajstić information content (AvgIpc) is 2.59. The Labute approximate surface area is 87.2 Å². The summed E-state index contributed by atoms with van der Waals surface area (Å²) in [5, 5.41) is 10.5. The van der Waals surface area contributed by atoms with Gasteiger partial charge in [-0.25, -0.2) is 9.50 Å². The second kappa shape index (κ2) is 3.19. The lowest BCUT2D eigenvalue weighted by molar-refractivity contribution is -0.144. The van der Waals surface area contributed by atoms with Crippen molar-refractivity contribution in [1.29, 1.82) is 5.41 Å². The summed E-state index contributed by atoms with van der Waals surface area (Å²) in [6.45, 7) is 0. The monoisotopic (exact) mass is 229 g/mol. The molecule has 0 saturated carbocycles. The minimum Gasteiger partial charge on any atom is -0.384 e. The number of halogens is 3. The number of nitrogens with zero attached hydrogens (tertiary/aromatic N) is 3. The Morgan fingerprint density at radius 3 is 2.69 bits per heavy atom. The molecule has 8 heteroatoms. The van der Waals surface area contributed by atoms with Gasteiger partial charge in [-0.3, -0.25) is 5.41 Å². The molecule has 5 nitrogen and oxygen atoms in total. The molecule has 3 N–H and O–H groups in total. The van der Waals surface area contributed by atoms with E-state index in [4.69, 9.17) is 11.1 Å². The Kier molecular flexibility index (Phi) is 2.07. The number of fused-ring (bicyclic) bond motifs is 1. The highest BCUT2D eigenvalue weighted by Crippen LogP contribution is 2.26. The first-order valence-electron chi connectivity index (χ1n) is 4.16. The van der Waals surface area contributed by atoms with E-state index in [1.165, 1.54) is 18.3 Å². The molecule has 0 fully saturated rings. The van der Waals surface area contributed by atoms with Crippen LogP contribution in [0.25, 0.3) is 5.65 Å². The van der Waals surface area contributed by atoms with Crippen molar-refractivity contribution in [1.82, 2.24) is 14.6 Å². The van der Waals surface area contributed by atoms with Gasteiger partial charge < -0.3 is 5.73 Å². The first-order chi connectivity index (χ1) is 7.39. The smallest absolute Gasteiger partial charge is 0.384 e.